The summed E-state index contributed by atoms with van der Waals surface area (Å²) in [4.78, 5) is 11.0. The number of benzene rings is 1. The second-order valence-corrected chi connectivity index (χ2v) is 4.69. The molecule has 18 heavy (non-hydrogen) atoms. The van der Waals surface area contributed by atoms with Crippen LogP contribution in [0.4, 0.5) is 0 Å². The van der Waals surface area contributed by atoms with Gasteiger partial charge >= 0.3 is 5.97 Å². The number of aryl methyl sites for hydroxylation is 1. The number of hydrogen-bond donors (Lipinski definition) is 0. The average molecular weight is 242 g/mol. The highest BCUT2D eigenvalue weighted by atomic mass is 16.5. The SMILES string of the molecule is CC(=O)OC(C#CC1CC1)CCc1ccccc1. The Morgan fingerprint density at radius 3 is 2.72 bits per heavy atom. The lowest BCUT2D eigenvalue weighted by Crippen LogP contribution is -2.15. The van der Waals surface area contributed by atoms with E-state index in [2.05, 4.69) is 24.0 Å². The van der Waals surface area contributed by atoms with Gasteiger partial charge in [-0.3, -0.25) is 4.79 Å². The maximum Gasteiger partial charge on any atom is 0.303 e. The molecule has 1 unspecified atom stereocenters. The third-order valence-corrected chi connectivity index (χ3v) is 2.87. The Hall–Kier alpha value is -1.75. The minimum absolute atomic E-state index is 0.252. The first-order valence-electron chi connectivity index (χ1n) is 6.46. The molecular weight excluding hydrogens is 224 g/mol. The fourth-order valence-electron chi connectivity index (χ4n) is 1.74. The lowest BCUT2D eigenvalue weighted by atomic mass is 10.1. The van der Waals surface area contributed by atoms with Gasteiger partial charge < -0.3 is 4.74 Å². The van der Waals surface area contributed by atoms with Crippen LogP contribution in [0.25, 0.3) is 0 Å². The first-order valence-corrected chi connectivity index (χ1v) is 6.46. The predicted octanol–water partition coefficient (Wildman–Crippen LogP) is 2.96. The van der Waals surface area contributed by atoms with E-state index in [9.17, 15) is 4.79 Å². The highest BCUT2D eigenvalue weighted by molar-refractivity contribution is 5.66. The van der Waals surface area contributed by atoms with E-state index >= 15 is 0 Å². The number of carbonyl (C=O) groups excluding carboxylic acids is 1. The molecule has 1 atom stereocenters. The zero-order valence-electron chi connectivity index (χ0n) is 10.7. The molecular formula is C16H18O2. The summed E-state index contributed by atoms with van der Waals surface area (Å²) in [5.41, 5.74) is 1.25. The number of carbonyl (C=O) groups is 1. The van der Waals surface area contributed by atoms with Crippen LogP contribution in [0.3, 0.4) is 0 Å². The quantitative estimate of drug-likeness (QED) is 0.599. The summed E-state index contributed by atoms with van der Waals surface area (Å²) in [5, 5.41) is 0. The van der Waals surface area contributed by atoms with E-state index < -0.39 is 0 Å². The molecule has 94 valence electrons. The molecule has 1 aromatic rings. The first-order chi connectivity index (χ1) is 8.74. The van der Waals surface area contributed by atoms with Crippen LogP contribution in [0.2, 0.25) is 0 Å². The highest BCUT2D eigenvalue weighted by Crippen LogP contribution is 2.27. The van der Waals surface area contributed by atoms with Crippen molar-refractivity contribution in [3.63, 3.8) is 0 Å². The normalized spacial score (nSPS) is 15.4. The average Bonchev–Trinajstić information content (AvgIpc) is 3.17. The number of esters is 1. The molecule has 0 heterocycles. The summed E-state index contributed by atoms with van der Waals surface area (Å²) >= 11 is 0. The van der Waals surface area contributed by atoms with E-state index in [0.717, 1.165) is 12.8 Å². The summed E-state index contributed by atoms with van der Waals surface area (Å²) in [7, 11) is 0. The maximum atomic E-state index is 11.0. The fourth-order valence-corrected chi connectivity index (χ4v) is 1.74. The second kappa shape index (κ2) is 6.26. The highest BCUT2D eigenvalue weighted by Gasteiger charge is 2.18. The van der Waals surface area contributed by atoms with Crippen molar-refractivity contribution in [1.82, 2.24) is 0 Å². The summed E-state index contributed by atoms with van der Waals surface area (Å²) in [6.07, 6.45) is 3.78. The Kier molecular flexibility index (Phi) is 4.41. The van der Waals surface area contributed by atoms with Crippen molar-refractivity contribution >= 4 is 5.97 Å². The van der Waals surface area contributed by atoms with Crippen LogP contribution < -0.4 is 0 Å². The zero-order valence-corrected chi connectivity index (χ0v) is 10.7. The molecule has 0 bridgehead atoms. The monoisotopic (exact) mass is 242 g/mol. The molecule has 0 aromatic heterocycles. The van der Waals surface area contributed by atoms with E-state index in [0.29, 0.717) is 5.92 Å². The minimum atomic E-state index is -0.261. The van der Waals surface area contributed by atoms with Crippen LogP contribution in [0.5, 0.6) is 0 Å². The molecule has 1 aliphatic rings. The van der Waals surface area contributed by atoms with Gasteiger partial charge in [0, 0.05) is 12.8 Å². The third-order valence-electron chi connectivity index (χ3n) is 2.87. The van der Waals surface area contributed by atoms with E-state index in [-0.39, 0.29) is 12.1 Å². The van der Waals surface area contributed by atoms with E-state index in [1.165, 1.54) is 25.3 Å². The van der Waals surface area contributed by atoms with Crippen molar-refractivity contribution in [3.8, 4) is 11.8 Å². The van der Waals surface area contributed by atoms with Gasteiger partial charge in [0.15, 0.2) is 6.10 Å². The van der Waals surface area contributed by atoms with Crippen LogP contribution in [-0.2, 0) is 16.0 Å². The molecule has 1 aromatic carbocycles. The van der Waals surface area contributed by atoms with Gasteiger partial charge in [-0.1, -0.05) is 42.2 Å². The Bertz CT molecular complexity index is 449. The van der Waals surface area contributed by atoms with Crippen molar-refractivity contribution < 1.29 is 9.53 Å². The van der Waals surface area contributed by atoms with Gasteiger partial charge in [0.05, 0.1) is 0 Å². The Morgan fingerprint density at radius 2 is 2.11 bits per heavy atom. The fraction of sp³-hybridized carbons (Fsp3) is 0.438. The molecule has 0 N–H and O–H groups in total. The van der Waals surface area contributed by atoms with Gasteiger partial charge in [-0.05, 0) is 31.2 Å². The van der Waals surface area contributed by atoms with Crippen LogP contribution in [0, 0.1) is 17.8 Å². The molecule has 1 aliphatic carbocycles. The minimum Gasteiger partial charge on any atom is -0.449 e. The van der Waals surface area contributed by atoms with E-state index in [4.69, 9.17) is 4.74 Å². The van der Waals surface area contributed by atoms with Gasteiger partial charge in [-0.25, -0.2) is 0 Å². The van der Waals surface area contributed by atoms with E-state index in [1.54, 1.807) is 0 Å². The molecule has 2 heteroatoms. The molecule has 0 aliphatic heterocycles. The summed E-state index contributed by atoms with van der Waals surface area (Å²) < 4.78 is 5.24. The van der Waals surface area contributed by atoms with Crippen molar-refractivity contribution in [1.29, 1.82) is 0 Å². The first kappa shape index (κ1) is 12.7. The van der Waals surface area contributed by atoms with Crippen LogP contribution in [0.1, 0.15) is 31.7 Å². The van der Waals surface area contributed by atoms with Gasteiger partial charge in [-0.2, -0.15) is 0 Å². The Morgan fingerprint density at radius 1 is 1.39 bits per heavy atom. The van der Waals surface area contributed by atoms with Gasteiger partial charge in [0.1, 0.15) is 0 Å². The molecule has 1 saturated carbocycles. The summed E-state index contributed by atoms with van der Waals surface area (Å²) in [6.45, 7) is 1.44. The van der Waals surface area contributed by atoms with Gasteiger partial charge in [-0.15, -0.1) is 0 Å². The molecule has 0 saturated heterocycles. The van der Waals surface area contributed by atoms with E-state index in [1.807, 2.05) is 18.2 Å². The Balaban J connectivity index is 1.88. The summed E-state index contributed by atoms with van der Waals surface area (Å²) in [6, 6.07) is 10.2. The van der Waals surface area contributed by atoms with Crippen molar-refractivity contribution in [3.05, 3.63) is 35.9 Å². The molecule has 0 amide bonds. The largest absolute Gasteiger partial charge is 0.449 e. The van der Waals surface area contributed by atoms with Crippen molar-refractivity contribution in [2.45, 2.75) is 38.7 Å². The van der Waals surface area contributed by atoms with Gasteiger partial charge in [0.25, 0.3) is 0 Å². The molecule has 1 fully saturated rings. The lowest BCUT2D eigenvalue weighted by molar-refractivity contribution is -0.143. The number of ether oxygens (including phenoxy) is 1. The van der Waals surface area contributed by atoms with Gasteiger partial charge in [0.2, 0.25) is 0 Å². The van der Waals surface area contributed by atoms with Crippen molar-refractivity contribution in [2.75, 3.05) is 0 Å². The number of hydrogen-bond acceptors (Lipinski definition) is 2. The smallest absolute Gasteiger partial charge is 0.303 e. The van der Waals surface area contributed by atoms with Crippen LogP contribution >= 0.6 is 0 Å². The molecule has 0 radical (unpaired) electrons. The predicted molar refractivity (Wildman–Crippen MR) is 70.8 cm³/mol. The second-order valence-electron chi connectivity index (χ2n) is 4.69. The van der Waals surface area contributed by atoms with Crippen LogP contribution in [0.15, 0.2) is 30.3 Å². The number of rotatable bonds is 4. The lowest BCUT2D eigenvalue weighted by Gasteiger charge is -2.10. The maximum absolute atomic E-state index is 11.0. The summed E-state index contributed by atoms with van der Waals surface area (Å²) in [5.74, 6) is 6.55. The molecule has 2 rings (SSSR count). The third kappa shape index (κ3) is 4.63. The molecule has 2 nitrogen and oxygen atoms in total. The zero-order chi connectivity index (χ0) is 12.8. The molecule has 0 spiro atoms. The Labute approximate surface area is 108 Å². The topological polar surface area (TPSA) is 26.3 Å². The van der Waals surface area contributed by atoms with Crippen molar-refractivity contribution in [2.24, 2.45) is 5.92 Å². The van der Waals surface area contributed by atoms with Crippen LogP contribution in [-0.4, -0.2) is 12.1 Å². The standard InChI is InChI=1S/C16H18O2/c1-13(17)18-16(12-10-15-7-8-15)11-9-14-5-3-2-4-6-14/h2-6,15-16H,7-9,11H2,1H3.